The number of nitrogen functional groups attached to an aromatic ring is 1. The van der Waals surface area contributed by atoms with Crippen LogP contribution in [0.4, 0.5) is 5.69 Å². The van der Waals surface area contributed by atoms with Crippen LogP contribution in [0.2, 0.25) is 0 Å². The lowest BCUT2D eigenvalue weighted by Gasteiger charge is -2.17. The Bertz CT molecular complexity index is 426. The number of aliphatic hydroxyl groups is 2. The Morgan fingerprint density at radius 1 is 1.50 bits per heavy atom. The van der Waals surface area contributed by atoms with Crippen LogP contribution in [0.25, 0.3) is 0 Å². The molecule has 1 aromatic heterocycles. The molecular weight excluding hydrogens is 252 g/mol. The van der Waals surface area contributed by atoms with Gasteiger partial charge in [-0.25, -0.2) is 0 Å². The van der Waals surface area contributed by atoms with E-state index in [0.29, 0.717) is 29.2 Å². The van der Waals surface area contributed by atoms with Crippen molar-refractivity contribution in [3.05, 3.63) is 23.5 Å². The van der Waals surface area contributed by atoms with Crippen LogP contribution < -0.4 is 5.73 Å². The average Bonchev–Trinajstić information content (AvgIpc) is 2.31. The molecule has 1 rings (SSSR count). The Balaban J connectivity index is 2.59. The number of thioether (sulfide) groups is 1. The molecule has 0 radical (unpaired) electrons. The molecule has 2 atom stereocenters. The fourth-order valence-electron chi connectivity index (χ4n) is 1.43. The second kappa shape index (κ2) is 6.72. The molecule has 0 aromatic carbocycles. The van der Waals surface area contributed by atoms with E-state index >= 15 is 0 Å². The Labute approximate surface area is 110 Å². The Morgan fingerprint density at radius 3 is 2.72 bits per heavy atom. The quantitative estimate of drug-likeness (QED) is 0.739. The van der Waals surface area contributed by atoms with Crippen LogP contribution >= 0.6 is 11.8 Å². The highest BCUT2D eigenvalue weighted by Crippen LogP contribution is 2.20. The first-order valence-electron chi connectivity index (χ1n) is 5.64. The van der Waals surface area contributed by atoms with Crippen molar-refractivity contribution in [2.45, 2.75) is 32.5 Å². The van der Waals surface area contributed by atoms with Gasteiger partial charge in [0.15, 0.2) is 5.12 Å². The third-order valence-corrected chi connectivity index (χ3v) is 3.38. The number of hydrogen-bond donors (Lipinski definition) is 3. The molecule has 1 heterocycles. The molecule has 0 aliphatic rings. The van der Waals surface area contributed by atoms with Gasteiger partial charge in [0, 0.05) is 12.7 Å². The second-order valence-corrected chi connectivity index (χ2v) is 5.32. The van der Waals surface area contributed by atoms with Gasteiger partial charge in [-0.05, 0) is 25.5 Å². The molecule has 1 aromatic rings. The smallest absolute Gasteiger partial charge is 0.185 e. The number of pyridine rings is 1. The van der Waals surface area contributed by atoms with Gasteiger partial charge in [-0.3, -0.25) is 9.78 Å². The van der Waals surface area contributed by atoms with Crippen LogP contribution in [0.1, 0.15) is 30.8 Å². The van der Waals surface area contributed by atoms with Crippen molar-refractivity contribution in [1.29, 1.82) is 0 Å². The number of aliphatic hydroxyl groups excluding tert-OH is 2. The molecule has 0 amide bonds. The van der Waals surface area contributed by atoms with Gasteiger partial charge in [0.05, 0.1) is 23.2 Å². The monoisotopic (exact) mass is 270 g/mol. The first-order chi connectivity index (χ1) is 8.41. The fraction of sp³-hybridized carbons (Fsp3) is 0.500. The van der Waals surface area contributed by atoms with Crippen LogP contribution in [0, 0.1) is 6.92 Å². The normalized spacial score (nSPS) is 14.2. The highest BCUT2D eigenvalue weighted by molar-refractivity contribution is 8.13. The summed E-state index contributed by atoms with van der Waals surface area (Å²) in [5.74, 6) is 0.474. The van der Waals surface area contributed by atoms with Crippen LogP contribution in [0.5, 0.6) is 0 Å². The van der Waals surface area contributed by atoms with E-state index in [1.807, 2.05) is 0 Å². The van der Waals surface area contributed by atoms with E-state index in [-0.39, 0.29) is 5.12 Å². The van der Waals surface area contributed by atoms with Crippen LogP contribution in [-0.4, -0.2) is 32.2 Å². The van der Waals surface area contributed by atoms with Crippen molar-refractivity contribution in [3.63, 3.8) is 0 Å². The lowest BCUT2D eigenvalue weighted by Crippen LogP contribution is -2.20. The maximum absolute atomic E-state index is 10.7. The van der Waals surface area contributed by atoms with E-state index in [1.54, 1.807) is 19.1 Å². The predicted octanol–water partition coefficient (Wildman–Crippen LogP) is 1.04. The number of aryl methyl sites for hydroxylation is 1. The van der Waals surface area contributed by atoms with Gasteiger partial charge in [-0.15, -0.1) is 0 Å². The van der Waals surface area contributed by atoms with Crippen molar-refractivity contribution in [2.75, 3.05) is 11.5 Å². The van der Waals surface area contributed by atoms with Gasteiger partial charge >= 0.3 is 0 Å². The molecule has 18 heavy (non-hydrogen) atoms. The Morgan fingerprint density at radius 2 is 2.17 bits per heavy atom. The van der Waals surface area contributed by atoms with Crippen molar-refractivity contribution in [2.24, 2.45) is 0 Å². The second-order valence-electron chi connectivity index (χ2n) is 4.05. The number of anilines is 1. The minimum absolute atomic E-state index is 0.00172. The van der Waals surface area contributed by atoms with Gasteiger partial charge in [-0.1, -0.05) is 11.8 Å². The average molecular weight is 270 g/mol. The van der Waals surface area contributed by atoms with E-state index < -0.39 is 12.2 Å². The summed E-state index contributed by atoms with van der Waals surface area (Å²) >= 11 is 1.13. The van der Waals surface area contributed by atoms with Crippen LogP contribution in [0.15, 0.2) is 12.1 Å². The molecule has 6 heteroatoms. The van der Waals surface area contributed by atoms with E-state index in [2.05, 4.69) is 4.98 Å². The molecule has 4 N–H and O–H groups in total. The standard InChI is InChI=1S/C12H18N2O3S/c1-7-9(13)3-4-10(14-7)12(17)11(16)5-6-18-8(2)15/h3-4,11-12,16-17H,5-6,13H2,1-2H3. The van der Waals surface area contributed by atoms with E-state index in [9.17, 15) is 15.0 Å². The fourth-order valence-corrected chi connectivity index (χ4v) is 2.08. The van der Waals surface area contributed by atoms with Crippen molar-refractivity contribution in [1.82, 2.24) is 4.98 Å². The van der Waals surface area contributed by atoms with Gasteiger partial charge < -0.3 is 15.9 Å². The molecule has 0 aliphatic heterocycles. The summed E-state index contributed by atoms with van der Waals surface area (Å²) in [6, 6.07) is 3.24. The highest BCUT2D eigenvalue weighted by atomic mass is 32.2. The minimum atomic E-state index is -1.06. The summed E-state index contributed by atoms with van der Waals surface area (Å²) in [5, 5.41) is 19.7. The Hall–Kier alpha value is -1.11. The largest absolute Gasteiger partial charge is 0.397 e. The van der Waals surface area contributed by atoms with Crippen LogP contribution in [0.3, 0.4) is 0 Å². The topological polar surface area (TPSA) is 96.4 Å². The zero-order valence-electron chi connectivity index (χ0n) is 10.5. The molecule has 5 nitrogen and oxygen atoms in total. The summed E-state index contributed by atoms with van der Waals surface area (Å²) in [6.45, 7) is 3.21. The molecule has 0 saturated carbocycles. The SMILES string of the molecule is CC(=O)SCCC(O)C(O)c1ccc(N)c(C)n1. The molecule has 0 aliphatic carbocycles. The van der Waals surface area contributed by atoms with Gasteiger partial charge in [0.1, 0.15) is 6.10 Å². The van der Waals surface area contributed by atoms with Crippen molar-refractivity contribution < 1.29 is 15.0 Å². The number of carbonyl (C=O) groups excluding carboxylic acids is 1. The van der Waals surface area contributed by atoms with Crippen LogP contribution in [-0.2, 0) is 4.79 Å². The number of hydrogen-bond acceptors (Lipinski definition) is 6. The summed E-state index contributed by atoms with van der Waals surface area (Å²) in [4.78, 5) is 14.9. The van der Waals surface area contributed by atoms with Crippen molar-refractivity contribution in [3.8, 4) is 0 Å². The maximum Gasteiger partial charge on any atom is 0.185 e. The number of carbonyl (C=O) groups is 1. The third kappa shape index (κ3) is 4.29. The molecule has 0 bridgehead atoms. The molecule has 2 unspecified atom stereocenters. The summed E-state index contributed by atoms with van der Waals surface area (Å²) in [5.41, 5.74) is 7.19. The molecule has 100 valence electrons. The summed E-state index contributed by atoms with van der Waals surface area (Å²) in [7, 11) is 0. The van der Waals surface area contributed by atoms with E-state index in [4.69, 9.17) is 5.73 Å². The summed E-state index contributed by atoms with van der Waals surface area (Å²) in [6.07, 6.45) is -1.67. The molecular formula is C12H18N2O3S. The van der Waals surface area contributed by atoms with E-state index in [1.165, 1.54) is 6.92 Å². The molecule has 0 fully saturated rings. The zero-order chi connectivity index (χ0) is 13.7. The van der Waals surface area contributed by atoms with Crippen molar-refractivity contribution >= 4 is 22.6 Å². The first kappa shape index (κ1) is 14.9. The first-order valence-corrected chi connectivity index (χ1v) is 6.63. The van der Waals surface area contributed by atoms with Gasteiger partial charge in [-0.2, -0.15) is 0 Å². The number of rotatable bonds is 5. The number of nitrogens with two attached hydrogens (primary N) is 1. The minimum Gasteiger partial charge on any atom is -0.397 e. The van der Waals surface area contributed by atoms with Gasteiger partial charge in [0.25, 0.3) is 0 Å². The lowest BCUT2D eigenvalue weighted by molar-refractivity contribution is -0.109. The third-order valence-electron chi connectivity index (χ3n) is 2.53. The van der Waals surface area contributed by atoms with Gasteiger partial charge in [0.2, 0.25) is 0 Å². The van der Waals surface area contributed by atoms with E-state index in [0.717, 1.165) is 11.8 Å². The number of aromatic nitrogens is 1. The molecule has 0 saturated heterocycles. The molecule has 0 spiro atoms. The highest BCUT2D eigenvalue weighted by Gasteiger charge is 2.20. The predicted molar refractivity (Wildman–Crippen MR) is 72.1 cm³/mol. The maximum atomic E-state index is 10.7. The summed E-state index contributed by atoms with van der Waals surface area (Å²) < 4.78 is 0. The zero-order valence-corrected chi connectivity index (χ0v) is 11.3. The Kier molecular flexibility index (Phi) is 5.58. The lowest BCUT2D eigenvalue weighted by atomic mass is 10.1. The number of nitrogens with zero attached hydrogens (tertiary/aromatic N) is 1.